The molecule has 0 aliphatic carbocycles. The minimum Gasteiger partial charge on any atom is -0.391 e. The summed E-state index contributed by atoms with van der Waals surface area (Å²) in [5.74, 6) is 0.825. The molecule has 0 amide bonds. The molecule has 0 saturated carbocycles. The van der Waals surface area contributed by atoms with Gasteiger partial charge in [-0.25, -0.2) is 9.97 Å². The largest absolute Gasteiger partial charge is 0.391 e. The maximum atomic E-state index is 13.8. The van der Waals surface area contributed by atoms with Crippen LogP contribution in [0.3, 0.4) is 0 Å². The first kappa shape index (κ1) is 21.6. The van der Waals surface area contributed by atoms with Gasteiger partial charge in [-0.3, -0.25) is 9.36 Å². The molecule has 4 aromatic rings. The second kappa shape index (κ2) is 8.24. The van der Waals surface area contributed by atoms with Gasteiger partial charge in [-0.15, -0.1) is 0 Å². The van der Waals surface area contributed by atoms with E-state index in [2.05, 4.69) is 16.0 Å². The summed E-state index contributed by atoms with van der Waals surface area (Å²) < 4.78 is 1.59. The zero-order chi connectivity index (χ0) is 24.0. The Bertz CT molecular complexity index is 1510. The number of aromatic nitrogens is 4. The van der Waals surface area contributed by atoms with Crippen molar-refractivity contribution in [3.8, 4) is 11.8 Å². The van der Waals surface area contributed by atoms with E-state index < -0.39 is 12.1 Å². The number of nitrogen functional groups attached to an aromatic ring is 1. The maximum Gasteiger partial charge on any atom is 0.266 e. The number of β-amino-alcohol motifs (C(OH)–C–C–N with tert-alkyl or cyclic N) is 1. The molecule has 1 aliphatic heterocycles. The number of benzene rings is 2. The van der Waals surface area contributed by atoms with E-state index in [0.717, 1.165) is 5.56 Å². The Balaban J connectivity index is 1.80. The van der Waals surface area contributed by atoms with Crippen LogP contribution in [0.1, 0.15) is 35.1 Å². The average Bonchev–Trinajstić information content (AvgIpc) is 3.20. The zero-order valence-corrected chi connectivity index (χ0v) is 18.8. The van der Waals surface area contributed by atoms with Crippen molar-refractivity contribution >= 4 is 22.7 Å². The molecule has 9 nitrogen and oxygen atoms in total. The van der Waals surface area contributed by atoms with Crippen LogP contribution in [0.4, 0.5) is 11.8 Å². The number of aliphatic hydroxyl groups excluding tert-OH is 1. The summed E-state index contributed by atoms with van der Waals surface area (Å²) in [6, 6.07) is 16.5. The van der Waals surface area contributed by atoms with Crippen LogP contribution in [-0.4, -0.2) is 37.3 Å². The number of aliphatic hydroxyl groups is 1. The lowest BCUT2D eigenvalue weighted by atomic mass is 10.1. The lowest BCUT2D eigenvalue weighted by molar-refractivity contribution is 0.193. The molecule has 0 unspecified atom stereocenters. The van der Waals surface area contributed by atoms with E-state index in [-0.39, 0.29) is 23.6 Å². The minimum absolute atomic E-state index is 0.0363. The van der Waals surface area contributed by atoms with Gasteiger partial charge in [0, 0.05) is 13.0 Å². The fourth-order valence-electron chi connectivity index (χ4n) is 4.67. The van der Waals surface area contributed by atoms with E-state index in [1.54, 1.807) is 16.4 Å². The number of nitrogens with zero attached hydrogens (tertiary/aromatic N) is 6. The van der Waals surface area contributed by atoms with Gasteiger partial charge in [-0.1, -0.05) is 30.3 Å². The van der Waals surface area contributed by atoms with Gasteiger partial charge in [0.2, 0.25) is 5.95 Å². The Morgan fingerprint density at radius 1 is 1.09 bits per heavy atom. The van der Waals surface area contributed by atoms with Crippen LogP contribution in [0.15, 0.2) is 53.3 Å². The quantitative estimate of drug-likeness (QED) is 0.483. The SMILES string of the molecule is Cc1nc(N)nc(N2C[C@@H](O)C[C@H]2c2nc3cccc(C)c3c(=O)n2-c2ccccc2)c1C#N. The summed E-state index contributed by atoms with van der Waals surface area (Å²) in [4.78, 5) is 29.0. The van der Waals surface area contributed by atoms with Gasteiger partial charge in [0.15, 0.2) is 5.82 Å². The van der Waals surface area contributed by atoms with Crippen LogP contribution in [0.25, 0.3) is 16.6 Å². The molecule has 9 heteroatoms. The van der Waals surface area contributed by atoms with Gasteiger partial charge < -0.3 is 15.7 Å². The van der Waals surface area contributed by atoms with Crippen molar-refractivity contribution < 1.29 is 5.11 Å². The molecule has 2 atom stereocenters. The highest BCUT2D eigenvalue weighted by Gasteiger charge is 2.38. The first-order valence-corrected chi connectivity index (χ1v) is 11.0. The van der Waals surface area contributed by atoms with Gasteiger partial charge in [0.1, 0.15) is 17.5 Å². The second-order valence-electron chi connectivity index (χ2n) is 8.45. The van der Waals surface area contributed by atoms with E-state index in [1.165, 1.54) is 0 Å². The van der Waals surface area contributed by atoms with Crippen molar-refractivity contribution in [2.45, 2.75) is 32.4 Å². The van der Waals surface area contributed by atoms with Crippen LogP contribution >= 0.6 is 0 Å². The molecule has 1 aliphatic rings. The number of aryl methyl sites for hydroxylation is 2. The fraction of sp³-hybridized carbons (Fsp3) is 0.240. The predicted molar refractivity (Wildman–Crippen MR) is 129 cm³/mol. The van der Waals surface area contributed by atoms with E-state index in [1.807, 2.05) is 55.5 Å². The zero-order valence-electron chi connectivity index (χ0n) is 18.8. The fourth-order valence-corrected chi connectivity index (χ4v) is 4.67. The van der Waals surface area contributed by atoms with Crippen molar-refractivity contribution in [3.05, 3.63) is 81.5 Å². The van der Waals surface area contributed by atoms with E-state index in [9.17, 15) is 15.2 Å². The number of nitriles is 1. The molecule has 5 rings (SSSR count). The monoisotopic (exact) mass is 453 g/mol. The molecule has 170 valence electrons. The summed E-state index contributed by atoms with van der Waals surface area (Å²) in [5, 5.41) is 21.0. The lowest BCUT2D eigenvalue weighted by Crippen LogP contribution is -2.33. The van der Waals surface area contributed by atoms with Gasteiger partial charge in [-0.2, -0.15) is 10.2 Å². The number of nitrogens with two attached hydrogens (primary N) is 1. The maximum absolute atomic E-state index is 13.8. The highest BCUT2D eigenvalue weighted by atomic mass is 16.3. The van der Waals surface area contributed by atoms with Crippen molar-refractivity contribution in [2.75, 3.05) is 17.2 Å². The number of hydrogen-bond acceptors (Lipinski definition) is 8. The molecule has 1 saturated heterocycles. The van der Waals surface area contributed by atoms with E-state index >= 15 is 0 Å². The van der Waals surface area contributed by atoms with Gasteiger partial charge >= 0.3 is 0 Å². The van der Waals surface area contributed by atoms with Gasteiger partial charge in [-0.05, 0) is 37.6 Å². The first-order valence-electron chi connectivity index (χ1n) is 11.0. The Labute approximate surface area is 195 Å². The summed E-state index contributed by atoms with van der Waals surface area (Å²) in [6.45, 7) is 3.79. The molecule has 0 bridgehead atoms. The standard InChI is InChI=1S/C25H23N7O2/c1-14-7-6-10-19-21(14)24(34)32(16-8-4-3-5-9-16)23(29-19)20-11-17(33)13-31(20)22-18(12-26)15(2)28-25(27)30-22/h3-10,17,20,33H,11,13H2,1-2H3,(H2,27,28,30)/t17-,20-/m0/s1. The average molecular weight is 454 g/mol. The number of hydrogen-bond donors (Lipinski definition) is 2. The third-order valence-electron chi connectivity index (χ3n) is 6.20. The van der Waals surface area contributed by atoms with E-state index in [0.29, 0.717) is 40.3 Å². The van der Waals surface area contributed by atoms with Gasteiger partial charge in [0.05, 0.1) is 34.4 Å². The Morgan fingerprint density at radius 3 is 2.59 bits per heavy atom. The van der Waals surface area contributed by atoms with Crippen LogP contribution in [0.5, 0.6) is 0 Å². The predicted octanol–water partition coefficient (Wildman–Crippen LogP) is 2.56. The molecule has 0 spiro atoms. The molecule has 1 fully saturated rings. The van der Waals surface area contributed by atoms with Crippen LogP contribution in [0.2, 0.25) is 0 Å². The minimum atomic E-state index is -0.706. The summed E-state index contributed by atoms with van der Waals surface area (Å²) in [6.07, 6.45) is -0.396. The smallest absolute Gasteiger partial charge is 0.266 e. The van der Waals surface area contributed by atoms with Crippen LogP contribution < -0.4 is 16.2 Å². The highest BCUT2D eigenvalue weighted by Crippen LogP contribution is 2.37. The van der Waals surface area contributed by atoms with Crippen molar-refractivity contribution in [3.63, 3.8) is 0 Å². The van der Waals surface area contributed by atoms with Crippen molar-refractivity contribution in [1.82, 2.24) is 19.5 Å². The topological polar surface area (TPSA) is 134 Å². The summed E-state index contributed by atoms with van der Waals surface area (Å²) in [5.41, 5.74) is 8.53. The Hall–Kier alpha value is -4.29. The third-order valence-corrected chi connectivity index (χ3v) is 6.20. The summed E-state index contributed by atoms with van der Waals surface area (Å²) in [7, 11) is 0. The van der Waals surface area contributed by atoms with E-state index in [4.69, 9.17) is 10.7 Å². The molecular formula is C25H23N7O2. The second-order valence-corrected chi connectivity index (χ2v) is 8.45. The molecule has 2 aromatic heterocycles. The van der Waals surface area contributed by atoms with Crippen molar-refractivity contribution in [2.24, 2.45) is 0 Å². The molecule has 2 aromatic carbocycles. The number of rotatable bonds is 3. The molecular weight excluding hydrogens is 430 g/mol. The number of fused-ring (bicyclic) bond motifs is 1. The first-order chi connectivity index (χ1) is 16.4. The van der Waals surface area contributed by atoms with Crippen LogP contribution in [-0.2, 0) is 0 Å². The highest BCUT2D eigenvalue weighted by molar-refractivity contribution is 5.81. The molecule has 3 heterocycles. The van der Waals surface area contributed by atoms with Crippen LogP contribution in [0, 0.1) is 25.2 Å². The molecule has 3 N–H and O–H groups in total. The number of anilines is 2. The number of para-hydroxylation sites is 1. The molecule has 34 heavy (non-hydrogen) atoms. The van der Waals surface area contributed by atoms with Crippen molar-refractivity contribution in [1.29, 1.82) is 5.26 Å². The summed E-state index contributed by atoms with van der Waals surface area (Å²) >= 11 is 0. The Morgan fingerprint density at radius 2 is 1.85 bits per heavy atom. The normalized spacial score (nSPS) is 17.8. The third kappa shape index (κ3) is 3.45. The molecule has 0 radical (unpaired) electrons. The lowest BCUT2D eigenvalue weighted by Gasteiger charge is -2.28. The Kier molecular flexibility index (Phi) is 5.23. The van der Waals surface area contributed by atoms with Gasteiger partial charge in [0.25, 0.3) is 5.56 Å².